The molecular weight excluding hydrogens is 364 g/mol. The van der Waals surface area contributed by atoms with Crippen LogP contribution in [0.2, 0.25) is 0 Å². The Balaban J connectivity index is -0.0000000823. The molecular formula is C29H68O. The van der Waals surface area contributed by atoms with Gasteiger partial charge in [0.1, 0.15) is 0 Å². The zero-order valence-electron chi connectivity index (χ0n) is 24.5. The molecule has 1 heterocycles. The average molecular weight is 433 g/mol. The Morgan fingerprint density at radius 2 is 0.700 bits per heavy atom. The van der Waals surface area contributed by atoms with E-state index in [1.54, 1.807) is 0 Å². The van der Waals surface area contributed by atoms with E-state index in [0.717, 1.165) is 36.9 Å². The summed E-state index contributed by atoms with van der Waals surface area (Å²) in [5, 5.41) is 0. The van der Waals surface area contributed by atoms with Crippen molar-refractivity contribution in [2.24, 2.45) is 23.7 Å². The SMILES string of the molecule is C1CCCC1.C1CCOC1.CC.CC.CC.CC(C)C.CC(C)C.CC(C)C1CC1. The van der Waals surface area contributed by atoms with Crippen LogP contribution in [0.1, 0.15) is 155 Å². The summed E-state index contributed by atoms with van der Waals surface area (Å²) in [7, 11) is 0. The van der Waals surface area contributed by atoms with Gasteiger partial charge in [-0.25, -0.2) is 0 Å². The molecule has 0 aromatic rings. The summed E-state index contributed by atoms with van der Waals surface area (Å²) < 4.78 is 4.94. The lowest BCUT2D eigenvalue weighted by atomic mass is 10.1. The molecule has 0 radical (unpaired) electrons. The van der Waals surface area contributed by atoms with E-state index in [1.165, 1.54) is 57.8 Å². The molecule has 3 aliphatic rings. The minimum Gasteiger partial charge on any atom is -0.381 e. The molecule has 0 aromatic heterocycles. The molecule has 3 fully saturated rings. The first-order valence-corrected chi connectivity index (χ1v) is 13.8. The Labute approximate surface area is 196 Å². The summed E-state index contributed by atoms with van der Waals surface area (Å²) in [6.07, 6.45) is 13.1. The molecule has 1 aliphatic heterocycles. The number of hydrogen-bond acceptors (Lipinski definition) is 1. The molecule has 0 bridgehead atoms. The summed E-state index contributed by atoms with van der Waals surface area (Å²) >= 11 is 0. The van der Waals surface area contributed by atoms with Gasteiger partial charge in [0.15, 0.2) is 0 Å². The van der Waals surface area contributed by atoms with Crippen molar-refractivity contribution in [3.8, 4) is 0 Å². The third kappa shape index (κ3) is 70.7. The van der Waals surface area contributed by atoms with Gasteiger partial charge in [0.2, 0.25) is 0 Å². The van der Waals surface area contributed by atoms with Crippen LogP contribution in [-0.2, 0) is 4.74 Å². The first kappa shape index (κ1) is 40.3. The van der Waals surface area contributed by atoms with E-state index in [4.69, 9.17) is 4.74 Å². The number of ether oxygens (including phenoxy) is 1. The zero-order valence-corrected chi connectivity index (χ0v) is 24.5. The maximum Gasteiger partial charge on any atom is 0.0466 e. The second kappa shape index (κ2) is 39.4. The van der Waals surface area contributed by atoms with Crippen LogP contribution in [0.3, 0.4) is 0 Å². The monoisotopic (exact) mass is 433 g/mol. The van der Waals surface area contributed by atoms with Crippen molar-refractivity contribution in [1.29, 1.82) is 0 Å². The Morgan fingerprint density at radius 3 is 0.767 bits per heavy atom. The predicted octanol–water partition coefficient (Wildman–Crippen LogP) is 11.2. The van der Waals surface area contributed by atoms with Crippen molar-refractivity contribution in [1.82, 2.24) is 0 Å². The van der Waals surface area contributed by atoms with E-state index < -0.39 is 0 Å². The van der Waals surface area contributed by atoms with Crippen molar-refractivity contribution in [3.63, 3.8) is 0 Å². The van der Waals surface area contributed by atoms with E-state index >= 15 is 0 Å². The average Bonchev–Trinajstić information content (AvgIpc) is 3.16. The third-order valence-electron chi connectivity index (χ3n) is 3.64. The van der Waals surface area contributed by atoms with Crippen LogP contribution in [0, 0.1) is 23.7 Å². The normalized spacial score (nSPS) is 15.5. The third-order valence-corrected chi connectivity index (χ3v) is 3.64. The highest BCUT2D eigenvalue weighted by Crippen LogP contribution is 2.35. The standard InChI is InChI=1S/C6H12.C5H10.C4H8O.2C4H10.3C2H6/c1-5(2)6-3-4-6;2*1-2-4-5-3-1;2*1-4(2)3;3*1-2/h5-6H,3-4H2,1-2H3;1-5H2;1-4H2;2*4H,1-3H3;3*1-2H3. The van der Waals surface area contributed by atoms with E-state index in [-0.39, 0.29) is 0 Å². The quantitative estimate of drug-likeness (QED) is 0.400. The minimum atomic E-state index is 0.833. The van der Waals surface area contributed by atoms with Gasteiger partial charge in [-0.2, -0.15) is 0 Å². The lowest BCUT2D eigenvalue weighted by molar-refractivity contribution is 0.198. The van der Waals surface area contributed by atoms with Gasteiger partial charge in [0, 0.05) is 13.2 Å². The molecule has 2 aliphatic carbocycles. The lowest BCUT2D eigenvalue weighted by Gasteiger charge is -1.94. The summed E-state index contributed by atoms with van der Waals surface area (Å²) in [4.78, 5) is 0. The Morgan fingerprint density at radius 1 is 0.467 bits per heavy atom. The fraction of sp³-hybridized carbons (Fsp3) is 1.00. The first-order chi connectivity index (χ1) is 14.3. The fourth-order valence-electron chi connectivity index (χ4n) is 2.16. The van der Waals surface area contributed by atoms with E-state index in [0.29, 0.717) is 0 Å². The van der Waals surface area contributed by atoms with Gasteiger partial charge < -0.3 is 4.74 Å². The fourth-order valence-corrected chi connectivity index (χ4v) is 2.16. The van der Waals surface area contributed by atoms with Crippen LogP contribution < -0.4 is 0 Å². The van der Waals surface area contributed by atoms with Crippen LogP contribution >= 0.6 is 0 Å². The molecule has 0 amide bonds. The molecule has 1 nitrogen and oxygen atoms in total. The van der Waals surface area contributed by atoms with Gasteiger partial charge in [-0.05, 0) is 49.4 Å². The van der Waals surface area contributed by atoms with Crippen molar-refractivity contribution in [2.45, 2.75) is 155 Å². The molecule has 190 valence electrons. The molecule has 0 aromatic carbocycles. The second-order valence-electron chi connectivity index (χ2n) is 9.13. The van der Waals surface area contributed by atoms with Crippen LogP contribution in [0.25, 0.3) is 0 Å². The van der Waals surface area contributed by atoms with Gasteiger partial charge in [-0.3, -0.25) is 0 Å². The van der Waals surface area contributed by atoms with Crippen molar-refractivity contribution >= 4 is 0 Å². The summed E-state index contributed by atoms with van der Waals surface area (Å²) in [6, 6.07) is 0. The van der Waals surface area contributed by atoms with Crippen molar-refractivity contribution in [2.75, 3.05) is 13.2 Å². The zero-order chi connectivity index (χ0) is 24.8. The van der Waals surface area contributed by atoms with Gasteiger partial charge in [-0.15, -0.1) is 0 Å². The van der Waals surface area contributed by atoms with E-state index in [2.05, 4.69) is 55.4 Å². The van der Waals surface area contributed by atoms with Crippen LogP contribution in [0.5, 0.6) is 0 Å². The molecule has 1 heteroatoms. The summed E-state index contributed by atoms with van der Waals surface area (Å²) in [5.41, 5.74) is 0. The van der Waals surface area contributed by atoms with Gasteiger partial charge in [-0.1, -0.05) is 129 Å². The van der Waals surface area contributed by atoms with Crippen molar-refractivity contribution in [3.05, 3.63) is 0 Å². The molecule has 0 N–H and O–H groups in total. The number of rotatable bonds is 1. The molecule has 2 saturated carbocycles. The topological polar surface area (TPSA) is 9.23 Å². The lowest BCUT2D eigenvalue weighted by Crippen LogP contribution is -1.85. The molecule has 0 atom stereocenters. The summed E-state index contributed by atoms with van der Waals surface area (Å²) in [6.45, 7) is 31.6. The van der Waals surface area contributed by atoms with Gasteiger partial charge >= 0.3 is 0 Å². The van der Waals surface area contributed by atoms with Gasteiger partial charge in [0.25, 0.3) is 0 Å². The Hall–Kier alpha value is -0.0400. The predicted molar refractivity (Wildman–Crippen MR) is 146 cm³/mol. The molecule has 0 spiro atoms. The second-order valence-corrected chi connectivity index (χ2v) is 9.13. The number of hydrogen-bond donors (Lipinski definition) is 0. The first-order valence-electron chi connectivity index (χ1n) is 13.8. The van der Waals surface area contributed by atoms with Crippen LogP contribution in [0.4, 0.5) is 0 Å². The highest BCUT2D eigenvalue weighted by Gasteiger charge is 2.23. The minimum absolute atomic E-state index is 0.833. The molecule has 30 heavy (non-hydrogen) atoms. The molecule has 1 saturated heterocycles. The highest BCUT2D eigenvalue weighted by atomic mass is 16.5. The highest BCUT2D eigenvalue weighted by molar-refractivity contribution is 4.75. The van der Waals surface area contributed by atoms with Gasteiger partial charge in [0.05, 0.1) is 0 Å². The summed E-state index contributed by atoms with van der Waals surface area (Å²) in [5.74, 6) is 3.73. The largest absolute Gasteiger partial charge is 0.381 e. The Bertz CT molecular complexity index is 172. The maximum absolute atomic E-state index is 4.94. The van der Waals surface area contributed by atoms with E-state index in [9.17, 15) is 0 Å². The van der Waals surface area contributed by atoms with Crippen LogP contribution in [0.15, 0.2) is 0 Å². The smallest absolute Gasteiger partial charge is 0.0466 e. The molecule has 0 unspecified atom stereocenters. The van der Waals surface area contributed by atoms with Crippen molar-refractivity contribution < 1.29 is 4.74 Å². The maximum atomic E-state index is 4.94. The molecule has 3 rings (SSSR count). The van der Waals surface area contributed by atoms with E-state index in [1.807, 2.05) is 41.5 Å². The Kier molecular flexibility index (Phi) is 53.0. The van der Waals surface area contributed by atoms with Crippen LogP contribution in [-0.4, -0.2) is 13.2 Å².